The number of benzene rings is 2. The Morgan fingerprint density at radius 1 is 1.30 bits per heavy atom. The molecule has 0 saturated heterocycles. The van der Waals surface area contributed by atoms with Crippen molar-refractivity contribution in [3.63, 3.8) is 0 Å². The van der Waals surface area contributed by atoms with Gasteiger partial charge in [-0.1, -0.05) is 18.2 Å². The van der Waals surface area contributed by atoms with Crippen LogP contribution in [0.25, 0.3) is 0 Å². The second-order valence-corrected chi connectivity index (χ2v) is 6.54. The van der Waals surface area contributed by atoms with Crippen LogP contribution in [0.5, 0.6) is 0 Å². The monoisotopic (exact) mass is 398 g/mol. The summed E-state index contributed by atoms with van der Waals surface area (Å²) < 4.78 is 1.03. The van der Waals surface area contributed by atoms with Crippen LogP contribution >= 0.6 is 34.4 Å². The molecule has 0 aliphatic rings. The van der Waals surface area contributed by atoms with E-state index in [2.05, 4.69) is 27.9 Å². The summed E-state index contributed by atoms with van der Waals surface area (Å²) in [6, 6.07) is 13.5. The number of para-hydroxylation sites is 1. The van der Waals surface area contributed by atoms with Crippen LogP contribution in [-0.4, -0.2) is 11.7 Å². The van der Waals surface area contributed by atoms with Gasteiger partial charge in [-0.05, 0) is 59.3 Å². The molecule has 0 fully saturated rings. The molecular weight excluding hydrogens is 383 g/mol. The summed E-state index contributed by atoms with van der Waals surface area (Å²) in [5.41, 5.74) is 8.59. The summed E-state index contributed by atoms with van der Waals surface area (Å²) in [4.78, 5) is 12.9. The summed E-state index contributed by atoms with van der Waals surface area (Å²) in [7, 11) is 0. The van der Waals surface area contributed by atoms with Crippen LogP contribution in [0.2, 0.25) is 0 Å². The van der Waals surface area contributed by atoms with Crippen LogP contribution < -0.4 is 11.1 Å². The number of nitrogens with one attached hydrogen (secondary N) is 1. The third kappa shape index (κ3) is 4.14. The van der Waals surface area contributed by atoms with E-state index in [4.69, 9.17) is 5.73 Å². The summed E-state index contributed by atoms with van der Waals surface area (Å²) >= 11 is 3.66. The fourth-order valence-corrected chi connectivity index (χ4v) is 3.04. The number of halogens is 1. The lowest BCUT2D eigenvalue weighted by Gasteiger charge is -2.08. The van der Waals surface area contributed by atoms with E-state index in [0.717, 1.165) is 19.7 Å². The van der Waals surface area contributed by atoms with Crippen LogP contribution in [0, 0.1) is 10.5 Å². The predicted octanol–water partition coefficient (Wildman–Crippen LogP) is 3.91. The van der Waals surface area contributed by atoms with Crippen LogP contribution in [0.15, 0.2) is 47.4 Å². The molecule has 104 valence electrons. The van der Waals surface area contributed by atoms with Gasteiger partial charge in [-0.3, -0.25) is 4.79 Å². The molecule has 0 aromatic heterocycles. The molecule has 2 aromatic carbocycles. The summed E-state index contributed by atoms with van der Waals surface area (Å²) in [5.74, 6) is 0.318. The number of hydrogen-bond donors (Lipinski definition) is 2. The second-order valence-electron chi connectivity index (χ2n) is 4.36. The highest BCUT2D eigenvalue weighted by Crippen LogP contribution is 2.26. The van der Waals surface area contributed by atoms with E-state index in [1.807, 2.05) is 49.4 Å². The number of carbonyl (C=O) groups excluding carboxylic acids is 1. The zero-order valence-corrected chi connectivity index (χ0v) is 14.0. The third-order valence-corrected chi connectivity index (χ3v) is 4.69. The van der Waals surface area contributed by atoms with E-state index in [0.29, 0.717) is 11.4 Å². The molecule has 3 nitrogen and oxygen atoms in total. The molecule has 0 heterocycles. The first-order chi connectivity index (χ1) is 9.56. The van der Waals surface area contributed by atoms with Gasteiger partial charge in [-0.2, -0.15) is 0 Å². The maximum absolute atomic E-state index is 12.0. The van der Waals surface area contributed by atoms with Crippen molar-refractivity contribution in [2.75, 3.05) is 16.8 Å². The lowest BCUT2D eigenvalue weighted by atomic mass is 10.2. The minimum Gasteiger partial charge on any atom is -0.398 e. The van der Waals surface area contributed by atoms with Crippen LogP contribution in [0.3, 0.4) is 0 Å². The van der Waals surface area contributed by atoms with E-state index < -0.39 is 0 Å². The summed E-state index contributed by atoms with van der Waals surface area (Å²) in [5, 5.41) is 2.91. The average Bonchev–Trinajstić information content (AvgIpc) is 2.42. The second kappa shape index (κ2) is 6.99. The van der Waals surface area contributed by atoms with E-state index in [1.54, 1.807) is 0 Å². The number of rotatable bonds is 4. The number of nitrogen functional groups attached to an aromatic ring is 1. The minimum atomic E-state index is -0.0278. The predicted molar refractivity (Wildman–Crippen MR) is 94.1 cm³/mol. The van der Waals surface area contributed by atoms with Gasteiger partial charge < -0.3 is 11.1 Å². The first kappa shape index (κ1) is 15.2. The van der Waals surface area contributed by atoms with Gasteiger partial charge >= 0.3 is 0 Å². The molecular formula is C15H15IN2OS. The molecule has 2 aromatic rings. The molecule has 0 unspecified atom stereocenters. The molecule has 1 amide bonds. The molecule has 0 bridgehead atoms. The van der Waals surface area contributed by atoms with Gasteiger partial charge in [-0.15, -0.1) is 11.8 Å². The molecule has 5 heteroatoms. The molecule has 2 rings (SSSR count). The number of amides is 1. The third-order valence-electron chi connectivity index (χ3n) is 2.68. The first-order valence-electron chi connectivity index (χ1n) is 6.09. The van der Waals surface area contributed by atoms with Crippen molar-refractivity contribution in [2.24, 2.45) is 0 Å². The number of carbonyl (C=O) groups is 1. The topological polar surface area (TPSA) is 55.1 Å². The van der Waals surface area contributed by atoms with Gasteiger partial charge in [-0.25, -0.2) is 0 Å². The molecule has 3 N–H and O–H groups in total. The highest BCUT2D eigenvalue weighted by molar-refractivity contribution is 14.1. The van der Waals surface area contributed by atoms with E-state index >= 15 is 0 Å². The van der Waals surface area contributed by atoms with Crippen LogP contribution in [0.4, 0.5) is 11.4 Å². The fraction of sp³-hybridized carbons (Fsp3) is 0.133. The number of anilines is 2. The maximum atomic E-state index is 12.0. The quantitative estimate of drug-likeness (QED) is 0.467. The van der Waals surface area contributed by atoms with Crippen LogP contribution in [0.1, 0.15) is 5.56 Å². The van der Waals surface area contributed by atoms with Crippen LogP contribution in [-0.2, 0) is 4.79 Å². The molecule has 0 atom stereocenters. The van der Waals surface area contributed by atoms with Gasteiger partial charge in [0.05, 0.1) is 11.4 Å². The molecule has 0 aliphatic carbocycles. The number of aryl methyl sites for hydroxylation is 1. The molecule has 0 spiro atoms. The number of nitrogens with two attached hydrogens (primary N) is 1. The fourth-order valence-electron chi connectivity index (χ4n) is 1.66. The Bertz CT molecular complexity index is 631. The zero-order chi connectivity index (χ0) is 14.5. The van der Waals surface area contributed by atoms with E-state index in [9.17, 15) is 4.79 Å². The summed E-state index contributed by atoms with van der Waals surface area (Å²) in [6.45, 7) is 2.01. The van der Waals surface area contributed by atoms with Crippen molar-refractivity contribution < 1.29 is 4.79 Å². The van der Waals surface area contributed by atoms with Crippen molar-refractivity contribution in [3.05, 3.63) is 51.6 Å². The normalized spacial score (nSPS) is 10.3. The largest absolute Gasteiger partial charge is 0.398 e. The van der Waals surface area contributed by atoms with Gasteiger partial charge in [0.15, 0.2) is 0 Å². The van der Waals surface area contributed by atoms with Crippen molar-refractivity contribution >= 4 is 51.6 Å². The lowest BCUT2D eigenvalue weighted by Crippen LogP contribution is -2.14. The average molecular weight is 398 g/mol. The highest BCUT2D eigenvalue weighted by atomic mass is 127. The van der Waals surface area contributed by atoms with Crippen molar-refractivity contribution in [2.45, 2.75) is 11.8 Å². The molecule has 0 saturated carbocycles. The first-order valence-corrected chi connectivity index (χ1v) is 8.16. The lowest BCUT2D eigenvalue weighted by molar-refractivity contribution is -0.113. The Balaban J connectivity index is 1.96. The van der Waals surface area contributed by atoms with Gasteiger partial charge in [0.1, 0.15) is 0 Å². The Hall–Kier alpha value is -1.21. The Morgan fingerprint density at radius 3 is 2.80 bits per heavy atom. The summed E-state index contributed by atoms with van der Waals surface area (Å²) in [6.07, 6.45) is 0. The molecule has 20 heavy (non-hydrogen) atoms. The van der Waals surface area contributed by atoms with Crippen molar-refractivity contribution in [1.29, 1.82) is 0 Å². The number of thioether (sulfide) groups is 1. The van der Waals surface area contributed by atoms with E-state index in [-0.39, 0.29) is 5.91 Å². The molecule has 0 aliphatic heterocycles. The van der Waals surface area contributed by atoms with Gasteiger partial charge in [0.2, 0.25) is 5.91 Å². The SMILES string of the molecule is Cc1ccc(N)c(SCC(=O)Nc2ccccc2I)c1. The highest BCUT2D eigenvalue weighted by Gasteiger charge is 2.07. The van der Waals surface area contributed by atoms with Gasteiger partial charge in [0, 0.05) is 14.2 Å². The Morgan fingerprint density at radius 2 is 2.05 bits per heavy atom. The van der Waals surface area contributed by atoms with Gasteiger partial charge in [0.25, 0.3) is 0 Å². The Kier molecular flexibility index (Phi) is 5.31. The minimum absolute atomic E-state index is 0.0278. The Labute approximate surface area is 136 Å². The number of hydrogen-bond acceptors (Lipinski definition) is 3. The smallest absolute Gasteiger partial charge is 0.234 e. The van der Waals surface area contributed by atoms with Crippen molar-refractivity contribution in [3.8, 4) is 0 Å². The van der Waals surface area contributed by atoms with Crippen molar-refractivity contribution in [1.82, 2.24) is 0 Å². The maximum Gasteiger partial charge on any atom is 0.234 e. The van der Waals surface area contributed by atoms with E-state index in [1.165, 1.54) is 11.8 Å². The molecule has 0 radical (unpaired) electrons. The zero-order valence-electron chi connectivity index (χ0n) is 11.0. The standard InChI is InChI=1S/C15H15IN2OS/c1-10-6-7-12(17)14(8-10)20-9-15(19)18-13-5-3-2-4-11(13)16/h2-8H,9,17H2,1H3,(H,18,19).